The Balaban J connectivity index is 1.55. The van der Waals surface area contributed by atoms with E-state index in [4.69, 9.17) is 4.74 Å². The van der Waals surface area contributed by atoms with Gasteiger partial charge >= 0.3 is 11.9 Å². The molecule has 1 aromatic carbocycles. The minimum absolute atomic E-state index is 0.170. The summed E-state index contributed by atoms with van der Waals surface area (Å²) in [4.78, 5) is 22.9. The number of methoxy groups -OCH3 is 1. The summed E-state index contributed by atoms with van der Waals surface area (Å²) in [6, 6.07) is 7.09. The van der Waals surface area contributed by atoms with Gasteiger partial charge in [0.25, 0.3) is 0 Å². The van der Waals surface area contributed by atoms with Gasteiger partial charge in [-0.25, -0.2) is 0 Å². The molecule has 3 rings (SSSR count). The summed E-state index contributed by atoms with van der Waals surface area (Å²) < 4.78 is 10.6. The summed E-state index contributed by atoms with van der Waals surface area (Å²) in [6.45, 7) is 0.728. The van der Waals surface area contributed by atoms with Gasteiger partial charge in [-0.05, 0) is 61.1 Å². The quantitative estimate of drug-likeness (QED) is 0.670. The predicted molar refractivity (Wildman–Crippen MR) is 106 cm³/mol. The average molecular weight is 389 g/mol. The van der Waals surface area contributed by atoms with Crippen molar-refractivity contribution in [3.05, 3.63) is 29.8 Å². The second-order valence-corrected chi connectivity index (χ2v) is 8.57. The number of carbonyl (C=O) groups is 2. The zero-order valence-corrected chi connectivity index (χ0v) is 16.8. The van der Waals surface area contributed by atoms with Crippen LogP contribution in [0.4, 0.5) is 0 Å². The van der Waals surface area contributed by atoms with Crippen LogP contribution < -0.4 is 4.74 Å². The van der Waals surface area contributed by atoms with E-state index < -0.39 is 17.9 Å². The minimum Gasteiger partial charge on any atom is -0.493 e. The SMILES string of the molecule is COC(=O)CC(C(=O)O)c1ccc(OCC2CCCC3(CCCCC3)C2)cc1. The zero-order chi connectivity index (χ0) is 20.0. The Kier molecular flexibility index (Phi) is 6.97. The van der Waals surface area contributed by atoms with Gasteiger partial charge in [0.15, 0.2) is 0 Å². The molecule has 1 aromatic rings. The smallest absolute Gasteiger partial charge is 0.311 e. The fourth-order valence-corrected chi connectivity index (χ4v) is 5.09. The Hall–Kier alpha value is -2.04. The molecule has 0 heterocycles. The number of aliphatic carboxylic acids is 1. The normalized spacial score (nSPS) is 22.4. The summed E-state index contributed by atoms with van der Waals surface area (Å²) >= 11 is 0. The first-order chi connectivity index (χ1) is 13.5. The van der Waals surface area contributed by atoms with Crippen molar-refractivity contribution in [1.29, 1.82) is 0 Å². The highest BCUT2D eigenvalue weighted by molar-refractivity contribution is 5.83. The lowest BCUT2D eigenvalue weighted by Gasteiger charge is -2.43. The van der Waals surface area contributed by atoms with Gasteiger partial charge in [-0.1, -0.05) is 37.8 Å². The van der Waals surface area contributed by atoms with Gasteiger partial charge in [0, 0.05) is 0 Å². The molecule has 1 N–H and O–H groups in total. The summed E-state index contributed by atoms with van der Waals surface area (Å²) in [5.41, 5.74) is 1.15. The molecule has 0 saturated heterocycles. The third kappa shape index (κ3) is 5.27. The molecular formula is C23H32O5. The van der Waals surface area contributed by atoms with E-state index in [0.717, 1.165) is 12.4 Å². The van der Waals surface area contributed by atoms with Crippen molar-refractivity contribution in [1.82, 2.24) is 0 Å². The Morgan fingerprint density at radius 3 is 2.43 bits per heavy atom. The van der Waals surface area contributed by atoms with E-state index >= 15 is 0 Å². The van der Waals surface area contributed by atoms with Crippen LogP contribution in [0.2, 0.25) is 0 Å². The van der Waals surface area contributed by atoms with Gasteiger partial charge in [-0.3, -0.25) is 9.59 Å². The van der Waals surface area contributed by atoms with Crippen molar-refractivity contribution in [2.75, 3.05) is 13.7 Å². The largest absolute Gasteiger partial charge is 0.493 e. The summed E-state index contributed by atoms with van der Waals surface area (Å²) in [5, 5.41) is 9.40. The van der Waals surface area contributed by atoms with Gasteiger partial charge in [0.2, 0.25) is 0 Å². The maximum atomic E-state index is 11.5. The molecule has 2 aliphatic rings. The summed E-state index contributed by atoms with van der Waals surface area (Å²) in [6.07, 6.45) is 12.0. The van der Waals surface area contributed by atoms with Gasteiger partial charge in [0.05, 0.1) is 26.1 Å². The topological polar surface area (TPSA) is 72.8 Å². The van der Waals surface area contributed by atoms with Crippen molar-refractivity contribution < 1.29 is 24.2 Å². The number of esters is 1. The third-order valence-electron chi connectivity index (χ3n) is 6.62. The molecule has 2 saturated carbocycles. The van der Waals surface area contributed by atoms with Gasteiger partial charge in [0.1, 0.15) is 5.75 Å². The van der Waals surface area contributed by atoms with Crippen LogP contribution in [0.25, 0.3) is 0 Å². The van der Waals surface area contributed by atoms with E-state index in [0.29, 0.717) is 16.9 Å². The standard InChI is InChI=1S/C23H32O5/c1-27-21(24)14-20(22(25)26)18-7-9-19(10-8-18)28-16-17-6-5-13-23(15-17)11-3-2-4-12-23/h7-10,17,20H,2-6,11-16H2,1H3,(H,25,26). The Morgan fingerprint density at radius 2 is 1.79 bits per heavy atom. The second-order valence-electron chi connectivity index (χ2n) is 8.57. The van der Waals surface area contributed by atoms with Gasteiger partial charge in [-0.15, -0.1) is 0 Å². The zero-order valence-electron chi connectivity index (χ0n) is 16.8. The molecule has 0 aliphatic heterocycles. The fraction of sp³-hybridized carbons (Fsp3) is 0.652. The first kappa shape index (κ1) is 20.7. The molecule has 2 fully saturated rings. The number of ether oxygens (including phenoxy) is 2. The molecule has 1 spiro atoms. The van der Waals surface area contributed by atoms with Gasteiger partial charge in [-0.2, -0.15) is 0 Å². The molecule has 154 valence electrons. The summed E-state index contributed by atoms with van der Waals surface area (Å²) in [7, 11) is 1.26. The first-order valence-corrected chi connectivity index (χ1v) is 10.5. The monoisotopic (exact) mass is 388 g/mol. The fourth-order valence-electron chi connectivity index (χ4n) is 5.09. The number of rotatable bonds is 7. The Morgan fingerprint density at radius 1 is 1.11 bits per heavy atom. The lowest BCUT2D eigenvalue weighted by atomic mass is 9.63. The maximum Gasteiger partial charge on any atom is 0.311 e. The third-order valence-corrected chi connectivity index (χ3v) is 6.62. The maximum absolute atomic E-state index is 11.5. The number of hydrogen-bond donors (Lipinski definition) is 1. The van der Waals surface area contributed by atoms with Crippen molar-refractivity contribution in [3.63, 3.8) is 0 Å². The number of carboxylic acids is 1. The molecule has 5 heteroatoms. The molecule has 2 aliphatic carbocycles. The molecule has 28 heavy (non-hydrogen) atoms. The van der Waals surface area contributed by atoms with Gasteiger partial charge < -0.3 is 14.6 Å². The highest BCUT2D eigenvalue weighted by Gasteiger charge is 2.37. The lowest BCUT2D eigenvalue weighted by molar-refractivity contribution is -0.147. The molecule has 0 amide bonds. The molecule has 0 aromatic heterocycles. The highest BCUT2D eigenvalue weighted by atomic mass is 16.5. The van der Waals surface area contributed by atoms with Crippen LogP contribution in [0.3, 0.4) is 0 Å². The van der Waals surface area contributed by atoms with E-state index in [-0.39, 0.29) is 6.42 Å². The van der Waals surface area contributed by atoms with E-state index in [1.165, 1.54) is 64.9 Å². The molecular weight excluding hydrogens is 356 g/mol. The van der Waals surface area contributed by atoms with E-state index in [1.54, 1.807) is 12.1 Å². The second kappa shape index (κ2) is 9.44. The Bertz CT molecular complexity index is 655. The number of hydrogen-bond acceptors (Lipinski definition) is 4. The highest BCUT2D eigenvalue weighted by Crippen LogP contribution is 2.49. The van der Waals surface area contributed by atoms with E-state index in [9.17, 15) is 14.7 Å². The lowest BCUT2D eigenvalue weighted by Crippen LogP contribution is -2.33. The van der Waals surface area contributed by atoms with Crippen LogP contribution in [0.5, 0.6) is 5.75 Å². The average Bonchev–Trinajstić information content (AvgIpc) is 2.71. The molecule has 5 nitrogen and oxygen atoms in total. The molecule has 2 unspecified atom stereocenters. The predicted octanol–water partition coefficient (Wildman–Crippen LogP) is 4.94. The van der Waals surface area contributed by atoms with Crippen LogP contribution in [0.1, 0.15) is 75.7 Å². The van der Waals surface area contributed by atoms with Crippen LogP contribution >= 0.6 is 0 Å². The molecule has 0 radical (unpaired) electrons. The van der Waals surface area contributed by atoms with E-state index in [1.807, 2.05) is 12.1 Å². The van der Waals surface area contributed by atoms with E-state index in [2.05, 4.69) is 4.74 Å². The Labute approximate surface area is 167 Å². The number of carbonyl (C=O) groups excluding carboxylic acids is 1. The molecule has 2 atom stereocenters. The van der Waals surface area contributed by atoms with Crippen LogP contribution in [-0.4, -0.2) is 30.8 Å². The van der Waals surface area contributed by atoms with Crippen molar-refractivity contribution in [2.24, 2.45) is 11.3 Å². The number of carboxylic acid groups (broad SMARTS) is 1. The molecule has 0 bridgehead atoms. The van der Waals surface area contributed by atoms with Crippen molar-refractivity contribution in [2.45, 2.75) is 70.1 Å². The van der Waals surface area contributed by atoms with Crippen molar-refractivity contribution in [3.8, 4) is 5.75 Å². The van der Waals surface area contributed by atoms with Crippen LogP contribution in [0, 0.1) is 11.3 Å². The van der Waals surface area contributed by atoms with Crippen LogP contribution in [0.15, 0.2) is 24.3 Å². The minimum atomic E-state index is -1.03. The number of benzene rings is 1. The first-order valence-electron chi connectivity index (χ1n) is 10.5. The summed E-state index contributed by atoms with van der Waals surface area (Å²) in [5.74, 6) is -1.08. The van der Waals surface area contributed by atoms with Crippen LogP contribution in [-0.2, 0) is 14.3 Å². The van der Waals surface area contributed by atoms with Crippen molar-refractivity contribution >= 4 is 11.9 Å².